The molecule has 1 fully saturated rings. The minimum absolute atomic E-state index is 0.0125. The van der Waals surface area contributed by atoms with Crippen molar-refractivity contribution in [1.29, 1.82) is 0 Å². The second kappa shape index (κ2) is 8.34. The molecule has 150 valence electrons. The van der Waals surface area contributed by atoms with Crippen LogP contribution in [-0.4, -0.2) is 26.1 Å². The third-order valence-electron chi connectivity index (χ3n) is 5.01. The van der Waals surface area contributed by atoms with Gasteiger partial charge in [0.2, 0.25) is 0 Å². The molecule has 29 heavy (non-hydrogen) atoms. The zero-order valence-electron chi connectivity index (χ0n) is 16.2. The van der Waals surface area contributed by atoms with E-state index in [0.717, 1.165) is 28.7 Å². The molecule has 7 heteroatoms. The molecule has 0 aliphatic carbocycles. The monoisotopic (exact) mass is 444 g/mol. The zero-order chi connectivity index (χ0) is 20.5. The summed E-state index contributed by atoms with van der Waals surface area (Å²) in [6.07, 6.45) is 3.84. The number of aromatic nitrogens is 2. The van der Waals surface area contributed by atoms with Crippen LogP contribution in [0.5, 0.6) is 0 Å². The van der Waals surface area contributed by atoms with Crippen LogP contribution in [0.1, 0.15) is 37.3 Å². The molecule has 3 heterocycles. The van der Waals surface area contributed by atoms with E-state index in [0.29, 0.717) is 16.0 Å². The van der Waals surface area contributed by atoms with Crippen molar-refractivity contribution in [3.05, 3.63) is 82.4 Å². The standard InChI is InChI=1S/C22H22Cl2N4S/c1-14(2)13-28-21(20(26-22(28)29)17-6-3-4-10-25-17)19-7-5-11-27(19)18-9-8-15(23)12-16(18)24/h3-12,14,20-21H,13H2,1-2H3,(H,26,29)/t20-,21-/m0/s1. The van der Waals surface area contributed by atoms with Crippen molar-refractivity contribution >= 4 is 40.5 Å². The Labute approximate surface area is 186 Å². The fourth-order valence-electron chi connectivity index (χ4n) is 3.85. The van der Waals surface area contributed by atoms with Gasteiger partial charge in [-0.3, -0.25) is 4.98 Å². The van der Waals surface area contributed by atoms with Crippen molar-refractivity contribution in [2.24, 2.45) is 5.92 Å². The number of rotatable bonds is 5. The SMILES string of the molecule is CC(C)CN1C(=S)N[C@@H](c2ccccn2)[C@@H]1c1cccn1-c1ccc(Cl)cc1Cl. The van der Waals surface area contributed by atoms with Crippen molar-refractivity contribution in [2.45, 2.75) is 25.9 Å². The number of hydrogen-bond donors (Lipinski definition) is 1. The molecule has 2 atom stereocenters. The Balaban J connectivity index is 1.83. The van der Waals surface area contributed by atoms with Gasteiger partial charge in [-0.15, -0.1) is 0 Å². The van der Waals surface area contributed by atoms with Gasteiger partial charge in [-0.1, -0.05) is 43.1 Å². The second-order valence-electron chi connectivity index (χ2n) is 7.57. The first kappa shape index (κ1) is 20.2. The second-order valence-corrected chi connectivity index (χ2v) is 8.80. The van der Waals surface area contributed by atoms with E-state index in [9.17, 15) is 0 Å². The van der Waals surface area contributed by atoms with Crippen LogP contribution in [0.2, 0.25) is 10.0 Å². The first-order valence-corrected chi connectivity index (χ1v) is 10.7. The number of halogens is 2. The van der Waals surface area contributed by atoms with E-state index in [1.807, 2.05) is 48.8 Å². The Bertz CT molecular complexity index is 1020. The summed E-state index contributed by atoms with van der Waals surface area (Å²) in [5, 5.41) is 5.46. The van der Waals surface area contributed by atoms with Crippen LogP contribution < -0.4 is 5.32 Å². The van der Waals surface area contributed by atoms with E-state index in [-0.39, 0.29) is 12.1 Å². The van der Waals surface area contributed by atoms with Crippen molar-refractivity contribution < 1.29 is 0 Å². The summed E-state index contributed by atoms with van der Waals surface area (Å²) in [5.41, 5.74) is 2.94. The van der Waals surface area contributed by atoms with Gasteiger partial charge in [0.25, 0.3) is 0 Å². The maximum atomic E-state index is 6.53. The van der Waals surface area contributed by atoms with Crippen LogP contribution in [-0.2, 0) is 0 Å². The lowest BCUT2D eigenvalue weighted by molar-refractivity contribution is 0.280. The highest BCUT2D eigenvalue weighted by molar-refractivity contribution is 7.80. The number of pyridine rings is 1. The molecule has 0 unspecified atom stereocenters. The van der Waals surface area contributed by atoms with E-state index in [2.05, 4.69) is 39.7 Å². The van der Waals surface area contributed by atoms with Gasteiger partial charge in [0, 0.05) is 29.7 Å². The third-order valence-corrected chi connectivity index (χ3v) is 5.90. The molecule has 0 spiro atoms. The molecule has 4 rings (SSSR count). The Hall–Kier alpha value is -2.08. The normalized spacial score (nSPS) is 19.1. The smallest absolute Gasteiger partial charge is 0.170 e. The van der Waals surface area contributed by atoms with Gasteiger partial charge in [-0.25, -0.2) is 0 Å². The number of thiocarbonyl (C=S) groups is 1. The molecule has 0 saturated carbocycles. The Morgan fingerprint density at radius 1 is 1.14 bits per heavy atom. The van der Waals surface area contributed by atoms with Crippen molar-refractivity contribution in [1.82, 2.24) is 19.8 Å². The van der Waals surface area contributed by atoms with Crippen molar-refractivity contribution in [2.75, 3.05) is 6.54 Å². The van der Waals surface area contributed by atoms with Crippen molar-refractivity contribution in [3.63, 3.8) is 0 Å². The molecule has 0 bridgehead atoms. The molecular formula is C22H22Cl2N4S. The van der Waals surface area contributed by atoms with E-state index in [1.165, 1.54) is 0 Å². The number of hydrogen-bond acceptors (Lipinski definition) is 2. The summed E-state index contributed by atoms with van der Waals surface area (Å²) in [4.78, 5) is 6.86. The van der Waals surface area contributed by atoms with E-state index < -0.39 is 0 Å². The molecule has 1 N–H and O–H groups in total. The van der Waals surface area contributed by atoms with Crippen LogP contribution in [0.3, 0.4) is 0 Å². The fourth-order valence-corrected chi connectivity index (χ4v) is 4.66. The molecular weight excluding hydrogens is 423 g/mol. The number of nitrogens with one attached hydrogen (secondary N) is 1. The summed E-state index contributed by atoms with van der Waals surface area (Å²) < 4.78 is 2.11. The largest absolute Gasteiger partial charge is 0.352 e. The minimum Gasteiger partial charge on any atom is -0.352 e. The maximum absolute atomic E-state index is 6.53. The Morgan fingerprint density at radius 3 is 2.66 bits per heavy atom. The Morgan fingerprint density at radius 2 is 1.97 bits per heavy atom. The summed E-state index contributed by atoms with van der Waals surface area (Å²) >= 11 is 18.4. The summed E-state index contributed by atoms with van der Waals surface area (Å²) in [5.74, 6) is 0.460. The topological polar surface area (TPSA) is 33.1 Å². The predicted octanol–water partition coefficient (Wildman–Crippen LogP) is 5.81. The first-order valence-electron chi connectivity index (χ1n) is 9.56. The van der Waals surface area contributed by atoms with Gasteiger partial charge in [0.1, 0.15) is 0 Å². The molecule has 2 aromatic heterocycles. The average Bonchev–Trinajstić information content (AvgIpc) is 3.27. The lowest BCUT2D eigenvalue weighted by Crippen LogP contribution is -2.33. The van der Waals surface area contributed by atoms with Crippen LogP contribution in [0.4, 0.5) is 0 Å². The average molecular weight is 445 g/mol. The van der Waals surface area contributed by atoms with E-state index >= 15 is 0 Å². The highest BCUT2D eigenvalue weighted by Gasteiger charge is 2.41. The van der Waals surface area contributed by atoms with Crippen LogP contribution >= 0.6 is 35.4 Å². The van der Waals surface area contributed by atoms with Crippen LogP contribution in [0, 0.1) is 5.92 Å². The molecule has 3 aromatic rings. The van der Waals surface area contributed by atoms with Gasteiger partial charge in [-0.05, 0) is 60.6 Å². The molecule has 1 aliphatic heterocycles. The lowest BCUT2D eigenvalue weighted by Gasteiger charge is -2.30. The number of benzene rings is 1. The Kier molecular flexibility index (Phi) is 5.81. The predicted molar refractivity (Wildman–Crippen MR) is 123 cm³/mol. The van der Waals surface area contributed by atoms with Gasteiger partial charge in [-0.2, -0.15) is 0 Å². The lowest BCUT2D eigenvalue weighted by atomic mass is 10.0. The molecule has 1 aromatic carbocycles. The van der Waals surface area contributed by atoms with Crippen LogP contribution in [0.25, 0.3) is 5.69 Å². The van der Waals surface area contributed by atoms with Gasteiger partial charge >= 0.3 is 0 Å². The first-order chi connectivity index (χ1) is 14.0. The summed E-state index contributed by atoms with van der Waals surface area (Å²) in [7, 11) is 0. The van der Waals surface area contributed by atoms with Gasteiger partial charge < -0.3 is 14.8 Å². The summed E-state index contributed by atoms with van der Waals surface area (Å²) in [6.45, 7) is 5.24. The van der Waals surface area contributed by atoms with E-state index in [4.69, 9.17) is 35.4 Å². The molecule has 1 aliphatic rings. The summed E-state index contributed by atoms with van der Waals surface area (Å²) in [6, 6.07) is 15.6. The maximum Gasteiger partial charge on any atom is 0.170 e. The molecule has 0 radical (unpaired) electrons. The van der Waals surface area contributed by atoms with Crippen LogP contribution in [0.15, 0.2) is 60.9 Å². The molecule has 0 amide bonds. The number of nitrogens with zero attached hydrogens (tertiary/aromatic N) is 3. The molecule has 4 nitrogen and oxygen atoms in total. The fraction of sp³-hybridized carbons (Fsp3) is 0.273. The zero-order valence-corrected chi connectivity index (χ0v) is 18.5. The highest BCUT2D eigenvalue weighted by atomic mass is 35.5. The highest BCUT2D eigenvalue weighted by Crippen LogP contribution is 2.40. The van der Waals surface area contributed by atoms with Gasteiger partial charge in [0.05, 0.1) is 28.5 Å². The van der Waals surface area contributed by atoms with Crippen molar-refractivity contribution in [3.8, 4) is 5.69 Å². The minimum atomic E-state index is -0.0535. The van der Waals surface area contributed by atoms with E-state index in [1.54, 1.807) is 6.07 Å². The molecule has 1 saturated heterocycles. The third kappa shape index (κ3) is 4.00. The quantitative estimate of drug-likeness (QED) is 0.503. The van der Waals surface area contributed by atoms with Gasteiger partial charge in [0.15, 0.2) is 5.11 Å².